The fraction of sp³-hybridized carbons (Fsp3) is 0.526. The number of carbonyl (C=O) groups is 1. The molecular weight excluding hydrogens is 286 g/mol. The summed E-state index contributed by atoms with van der Waals surface area (Å²) in [6, 6.07) is 8.45. The highest BCUT2D eigenvalue weighted by molar-refractivity contribution is 5.84. The zero-order valence-corrected chi connectivity index (χ0v) is 14.7. The Bertz CT molecular complexity index is 620. The SMILES string of the molecule is CC(C)CC(CN(C)C)NC(=O)CCc1c[nH]c2ccccc12. The molecule has 1 unspecified atom stereocenters. The highest BCUT2D eigenvalue weighted by atomic mass is 16.1. The molecular formula is C19H29N3O. The Labute approximate surface area is 139 Å². The van der Waals surface area contributed by atoms with Crippen molar-refractivity contribution in [2.24, 2.45) is 5.92 Å². The van der Waals surface area contributed by atoms with E-state index in [4.69, 9.17) is 0 Å². The average Bonchev–Trinajstić information content (AvgIpc) is 2.87. The first-order chi connectivity index (χ1) is 11.0. The van der Waals surface area contributed by atoms with Crippen LogP contribution in [0.2, 0.25) is 0 Å². The van der Waals surface area contributed by atoms with Crippen LogP contribution in [0.5, 0.6) is 0 Å². The molecule has 1 heterocycles. The number of amides is 1. The number of aromatic nitrogens is 1. The molecule has 0 saturated heterocycles. The molecule has 0 aliphatic rings. The highest BCUT2D eigenvalue weighted by Crippen LogP contribution is 2.19. The number of benzene rings is 1. The van der Waals surface area contributed by atoms with E-state index in [2.05, 4.69) is 41.2 Å². The van der Waals surface area contributed by atoms with E-state index in [0.717, 1.165) is 24.9 Å². The third-order valence-electron chi connectivity index (χ3n) is 4.00. The summed E-state index contributed by atoms with van der Waals surface area (Å²) >= 11 is 0. The van der Waals surface area contributed by atoms with Gasteiger partial charge in [0.15, 0.2) is 0 Å². The van der Waals surface area contributed by atoms with E-state index in [1.807, 2.05) is 32.4 Å². The van der Waals surface area contributed by atoms with Gasteiger partial charge in [0.1, 0.15) is 0 Å². The van der Waals surface area contributed by atoms with Gasteiger partial charge in [0.2, 0.25) is 5.91 Å². The molecule has 2 rings (SSSR count). The van der Waals surface area contributed by atoms with E-state index in [9.17, 15) is 4.79 Å². The molecule has 1 atom stereocenters. The van der Waals surface area contributed by atoms with Crippen LogP contribution in [-0.4, -0.2) is 42.5 Å². The predicted molar refractivity (Wildman–Crippen MR) is 96.6 cm³/mol. The minimum Gasteiger partial charge on any atom is -0.361 e. The van der Waals surface area contributed by atoms with Crippen LogP contribution in [0, 0.1) is 5.92 Å². The number of likely N-dealkylation sites (N-methyl/N-ethyl adjacent to an activating group) is 1. The first-order valence-corrected chi connectivity index (χ1v) is 8.44. The van der Waals surface area contributed by atoms with Crippen molar-refractivity contribution >= 4 is 16.8 Å². The van der Waals surface area contributed by atoms with E-state index in [1.54, 1.807) is 0 Å². The van der Waals surface area contributed by atoms with Gasteiger partial charge in [-0.1, -0.05) is 32.0 Å². The maximum Gasteiger partial charge on any atom is 0.220 e. The van der Waals surface area contributed by atoms with Crippen molar-refractivity contribution in [3.05, 3.63) is 36.0 Å². The number of nitrogens with zero attached hydrogens (tertiary/aromatic N) is 1. The van der Waals surface area contributed by atoms with Crippen LogP contribution in [0.25, 0.3) is 10.9 Å². The van der Waals surface area contributed by atoms with Crippen LogP contribution in [0.15, 0.2) is 30.5 Å². The van der Waals surface area contributed by atoms with E-state index in [-0.39, 0.29) is 11.9 Å². The predicted octanol–water partition coefficient (Wildman–Crippen LogP) is 3.19. The van der Waals surface area contributed by atoms with Gasteiger partial charge >= 0.3 is 0 Å². The van der Waals surface area contributed by atoms with Crippen molar-refractivity contribution in [2.75, 3.05) is 20.6 Å². The van der Waals surface area contributed by atoms with Crippen LogP contribution in [0.1, 0.15) is 32.3 Å². The number of para-hydroxylation sites is 1. The number of fused-ring (bicyclic) bond motifs is 1. The Morgan fingerprint density at radius 2 is 2.00 bits per heavy atom. The summed E-state index contributed by atoms with van der Waals surface area (Å²) in [6.07, 6.45) is 4.33. The van der Waals surface area contributed by atoms with Gasteiger partial charge in [-0.15, -0.1) is 0 Å². The molecule has 0 spiro atoms. The monoisotopic (exact) mass is 315 g/mol. The Morgan fingerprint density at radius 3 is 2.70 bits per heavy atom. The smallest absolute Gasteiger partial charge is 0.220 e. The molecule has 0 aliphatic heterocycles. The molecule has 4 heteroatoms. The van der Waals surface area contributed by atoms with Crippen LogP contribution >= 0.6 is 0 Å². The van der Waals surface area contributed by atoms with Gasteiger partial charge < -0.3 is 15.2 Å². The number of hydrogen-bond donors (Lipinski definition) is 2. The number of aryl methyl sites for hydroxylation is 1. The highest BCUT2D eigenvalue weighted by Gasteiger charge is 2.15. The largest absolute Gasteiger partial charge is 0.361 e. The summed E-state index contributed by atoms with van der Waals surface area (Å²) in [5.41, 5.74) is 2.34. The zero-order valence-electron chi connectivity index (χ0n) is 14.7. The maximum atomic E-state index is 12.3. The lowest BCUT2D eigenvalue weighted by Gasteiger charge is -2.24. The van der Waals surface area contributed by atoms with E-state index < -0.39 is 0 Å². The lowest BCUT2D eigenvalue weighted by atomic mass is 10.0. The number of nitrogens with one attached hydrogen (secondary N) is 2. The number of hydrogen-bond acceptors (Lipinski definition) is 2. The quantitative estimate of drug-likeness (QED) is 0.786. The summed E-state index contributed by atoms with van der Waals surface area (Å²) in [7, 11) is 4.09. The maximum absolute atomic E-state index is 12.3. The number of rotatable bonds is 8. The van der Waals surface area contributed by atoms with E-state index >= 15 is 0 Å². The van der Waals surface area contributed by atoms with Crippen LogP contribution in [0.3, 0.4) is 0 Å². The second-order valence-electron chi connectivity index (χ2n) is 7.02. The Hall–Kier alpha value is -1.81. The summed E-state index contributed by atoms with van der Waals surface area (Å²) in [5, 5.41) is 4.41. The summed E-state index contributed by atoms with van der Waals surface area (Å²) in [4.78, 5) is 17.7. The summed E-state index contributed by atoms with van der Waals surface area (Å²) in [6.45, 7) is 5.28. The van der Waals surface area contributed by atoms with Gasteiger partial charge in [0.05, 0.1) is 0 Å². The molecule has 23 heavy (non-hydrogen) atoms. The van der Waals surface area contributed by atoms with Crippen LogP contribution in [0.4, 0.5) is 0 Å². The van der Waals surface area contributed by atoms with Crippen molar-refractivity contribution in [1.82, 2.24) is 15.2 Å². The summed E-state index contributed by atoms with van der Waals surface area (Å²) < 4.78 is 0. The third kappa shape index (κ3) is 5.39. The summed E-state index contributed by atoms with van der Waals surface area (Å²) in [5.74, 6) is 0.719. The lowest BCUT2D eigenvalue weighted by Crippen LogP contribution is -2.42. The van der Waals surface area contributed by atoms with Gasteiger partial charge in [0.25, 0.3) is 0 Å². The van der Waals surface area contributed by atoms with E-state index in [1.165, 1.54) is 10.9 Å². The van der Waals surface area contributed by atoms with Gasteiger partial charge in [-0.05, 0) is 44.5 Å². The molecule has 0 aliphatic carbocycles. The van der Waals surface area contributed by atoms with Crippen LogP contribution in [-0.2, 0) is 11.2 Å². The normalized spacial score (nSPS) is 13.0. The molecule has 1 aromatic carbocycles. The molecule has 1 amide bonds. The van der Waals surface area contributed by atoms with Crippen molar-refractivity contribution in [3.63, 3.8) is 0 Å². The minimum atomic E-state index is 0.141. The second kappa shape index (κ2) is 8.16. The molecule has 126 valence electrons. The Kier molecular flexibility index (Phi) is 6.22. The number of carbonyl (C=O) groups excluding carboxylic acids is 1. The van der Waals surface area contributed by atoms with Crippen molar-refractivity contribution < 1.29 is 4.79 Å². The van der Waals surface area contributed by atoms with Crippen LogP contribution < -0.4 is 5.32 Å². The Morgan fingerprint density at radius 1 is 1.26 bits per heavy atom. The zero-order chi connectivity index (χ0) is 16.8. The molecule has 4 nitrogen and oxygen atoms in total. The average molecular weight is 315 g/mol. The molecule has 2 N–H and O–H groups in total. The molecule has 0 saturated carbocycles. The standard InChI is InChI=1S/C19H29N3O/c1-14(2)11-16(13-22(3)4)21-19(23)10-9-15-12-20-18-8-6-5-7-17(15)18/h5-8,12,14,16,20H,9-11,13H2,1-4H3,(H,21,23). The fourth-order valence-corrected chi connectivity index (χ4v) is 3.08. The van der Waals surface area contributed by atoms with Gasteiger partial charge in [-0.2, -0.15) is 0 Å². The first kappa shape index (κ1) is 17.5. The van der Waals surface area contributed by atoms with Crippen molar-refractivity contribution in [1.29, 1.82) is 0 Å². The molecule has 1 aromatic heterocycles. The molecule has 2 aromatic rings. The first-order valence-electron chi connectivity index (χ1n) is 8.44. The molecule has 0 bridgehead atoms. The van der Waals surface area contributed by atoms with Gasteiger partial charge in [-0.25, -0.2) is 0 Å². The van der Waals surface area contributed by atoms with E-state index in [0.29, 0.717) is 12.3 Å². The number of aromatic amines is 1. The minimum absolute atomic E-state index is 0.141. The second-order valence-corrected chi connectivity index (χ2v) is 7.02. The van der Waals surface area contributed by atoms with Gasteiger partial charge in [0, 0.05) is 36.1 Å². The van der Waals surface area contributed by atoms with Crippen molar-refractivity contribution in [3.8, 4) is 0 Å². The molecule has 0 radical (unpaired) electrons. The fourth-order valence-electron chi connectivity index (χ4n) is 3.08. The Balaban J connectivity index is 1.90. The third-order valence-corrected chi connectivity index (χ3v) is 4.00. The van der Waals surface area contributed by atoms with Gasteiger partial charge in [-0.3, -0.25) is 4.79 Å². The lowest BCUT2D eigenvalue weighted by molar-refractivity contribution is -0.121. The molecule has 0 fully saturated rings. The number of H-pyrrole nitrogens is 1. The topological polar surface area (TPSA) is 48.1 Å². The van der Waals surface area contributed by atoms with Crippen molar-refractivity contribution in [2.45, 2.75) is 39.2 Å².